The molecule has 100 valence electrons. The van der Waals surface area contributed by atoms with Gasteiger partial charge in [0.25, 0.3) is 10.0 Å². The van der Waals surface area contributed by atoms with E-state index in [1.54, 1.807) is 30.3 Å². The molecule has 0 unspecified atom stereocenters. The van der Waals surface area contributed by atoms with Gasteiger partial charge in [0.15, 0.2) is 0 Å². The average molecular weight is 343 g/mol. The third kappa shape index (κ3) is 3.22. The van der Waals surface area contributed by atoms with Crippen LogP contribution in [0, 0.1) is 0 Å². The fraction of sp³-hybridized carbons (Fsp3) is 0. The number of halogens is 1. The third-order valence-electron chi connectivity index (χ3n) is 2.30. The van der Waals surface area contributed by atoms with Crippen LogP contribution in [-0.2, 0) is 10.0 Å². The number of para-hydroxylation sites is 1. The summed E-state index contributed by atoms with van der Waals surface area (Å²) in [6, 6.07) is 9.58. The smallest absolute Gasteiger partial charge is 0.265 e. The lowest BCUT2D eigenvalue weighted by atomic mass is 10.3. The largest absolute Gasteiger partial charge is 0.323 e. The van der Waals surface area contributed by atoms with Gasteiger partial charge in [0.1, 0.15) is 10.7 Å². The van der Waals surface area contributed by atoms with Crippen molar-refractivity contribution < 1.29 is 8.42 Å². The minimum Gasteiger partial charge on any atom is -0.323 e. The molecule has 0 aliphatic carbocycles. The lowest BCUT2D eigenvalue weighted by Crippen LogP contribution is -2.17. The second-order valence-corrected chi connectivity index (χ2v) is 6.17. The number of nitrogens with zero attached hydrogens (tertiary/aromatic N) is 1. The second kappa shape index (κ2) is 5.55. The lowest BCUT2D eigenvalue weighted by Gasteiger charge is -2.11. The molecule has 8 heteroatoms. The average Bonchev–Trinajstić information content (AvgIpc) is 2.41. The van der Waals surface area contributed by atoms with Gasteiger partial charge in [-0.3, -0.25) is 10.6 Å². The van der Waals surface area contributed by atoms with Crippen LogP contribution in [0.1, 0.15) is 0 Å². The molecule has 2 rings (SSSR count). The number of anilines is 2. The normalized spacial score (nSPS) is 11.1. The quantitative estimate of drug-likeness (QED) is 0.582. The highest BCUT2D eigenvalue weighted by molar-refractivity contribution is 9.10. The first-order valence-corrected chi connectivity index (χ1v) is 7.50. The van der Waals surface area contributed by atoms with Crippen LogP contribution in [0.15, 0.2) is 52.0 Å². The Balaban J connectivity index is 2.35. The molecule has 0 saturated carbocycles. The maximum Gasteiger partial charge on any atom is 0.265 e. The van der Waals surface area contributed by atoms with E-state index in [2.05, 4.69) is 31.1 Å². The summed E-state index contributed by atoms with van der Waals surface area (Å²) in [5.74, 6) is 5.53. The number of nitrogen functional groups attached to an aromatic ring is 1. The van der Waals surface area contributed by atoms with Gasteiger partial charge in [0.05, 0.1) is 5.69 Å². The van der Waals surface area contributed by atoms with Crippen LogP contribution in [0.3, 0.4) is 0 Å². The van der Waals surface area contributed by atoms with Gasteiger partial charge in [-0.25, -0.2) is 13.4 Å². The Labute approximate surface area is 119 Å². The topological polar surface area (TPSA) is 97.1 Å². The van der Waals surface area contributed by atoms with E-state index in [0.717, 1.165) is 4.47 Å². The van der Waals surface area contributed by atoms with Crippen molar-refractivity contribution in [3.05, 3.63) is 47.1 Å². The second-order valence-electron chi connectivity index (χ2n) is 3.61. The van der Waals surface area contributed by atoms with Crippen LogP contribution in [0.5, 0.6) is 0 Å². The first-order chi connectivity index (χ1) is 9.03. The van der Waals surface area contributed by atoms with Crippen molar-refractivity contribution in [2.45, 2.75) is 4.90 Å². The monoisotopic (exact) mass is 342 g/mol. The van der Waals surface area contributed by atoms with Crippen LogP contribution in [0.2, 0.25) is 0 Å². The summed E-state index contributed by atoms with van der Waals surface area (Å²) in [5.41, 5.74) is 2.66. The van der Waals surface area contributed by atoms with Crippen molar-refractivity contribution >= 4 is 37.5 Å². The molecule has 0 fully saturated rings. The zero-order valence-electron chi connectivity index (χ0n) is 9.67. The van der Waals surface area contributed by atoms with E-state index in [9.17, 15) is 8.42 Å². The van der Waals surface area contributed by atoms with Crippen molar-refractivity contribution in [3.63, 3.8) is 0 Å². The Morgan fingerprint density at radius 2 is 1.89 bits per heavy atom. The summed E-state index contributed by atoms with van der Waals surface area (Å²) in [5, 5.41) is 0. The fourth-order valence-corrected chi connectivity index (χ4v) is 2.86. The van der Waals surface area contributed by atoms with E-state index in [-0.39, 0.29) is 10.7 Å². The minimum atomic E-state index is -3.74. The Morgan fingerprint density at radius 1 is 1.16 bits per heavy atom. The molecule has 0 atom stereocenters. The zero-order chi connectivity index (χ0) is 13.9. The Bertz CT molecular complexity index is 673. The maximum absolute atomic E-state index is 12.2. The van der Waals surface area contributed by atoms with Gasteiger partial charge in [0, 0.05) is 10.7 Å². The number of rotatable bonds is 4. The van der Waals surface area contributed by atoms with E-state index >= 15 is 0 Å². The molecule has 0 aliphatic rings. The number of hydrogen-bond donors (Lipinski definition) is 3. The number of nitrogens with two attached hydrogens (primary N) is 1. The number of nitrogens with one attached hydrogen (secondary N) is 2. The predicted octanol–water partition coefficient (Wildman–Crippen LogP) is 1.93. The van der Waals surface area contributed by atoms with Crippen molar-refractivity contribution in [2.24, 2.45) is 5.84 Å². The van der Waals surface area contributed by atoms with E-state index in [0.29, 0.717) is 5.69 Å². The van der Waals surface area contributed by atoms with Gasteiger partial charge in [-0.2, -0.15) is 0 Å². The van der Waals surface area contributed by atoms with Crippen molar-refractivity contribution in [1.29, 1.82) is 0 Å². The minimum absolute atomic E-state index is 0.0576. The molecule has 0 saturated heterocycles. The molecule has 6 nitrogen and oxygen atoms in total. The summed E-state index contributed by atoms with van der Waals surface area (Å²) in [6.07, 6.45) is 1.50. The van der Waals surface area contributed by atoms with E-state index in [4.69, 9.17) is 5.84 Å². The third-order valence-corrected chi connectivity index (χ3v) is 4.18. The molecule has 1 aromatic carbocycles. The lowest BCUT2D eigenvalue weighted by molar-refractivity contribution is 0.601. The van der Waals surface area contributed by atoms with Gasteiger partial charge >= 0.3 is 0 Å². The molecule has 4 N–H and O–H groups in total. The van der Waals surface area contributed by atoms with Crippen LogP contribution in [0.4, 0.5) is 11.5 Å². The van der Waals surface area contributed by atoms with Gasteiger partial charge in [-0.15, -0.1) is 0 Å². The van der Waals surface area contributed by atoms with Crippen LogP contribution >= 0.6 is 15.9 Å². The van der Waals surface area contributed by atoms with Gasteiger partial charge in [-0.05, 0) is 40.2 Å². The number of hydrogen-bond acceptors (Lipinski definition) is 5. The highest BCUT2D eigenvalue weighted by Gasteiger charge is 2.18. The molecular formula is C11H11BrN4O2S. The zero-order valence-corrected chi connectivity index (χ0v) is 12.1. The summed E-state index contributed by atoms with van der Waals surface area (Å²) in [4.78, 5) is 4.01. The van der Waals surface area contributed by atoms with Crippen molar-refractivity contribution in [2.75, 3.05) is 10.1 Å². The predicted molar refractivity (Wildman–Crippen MR) is 77.0 cm³/mol. The van der Waals surface area contributed by atoms with Crippen molar-refractivity contribution in [3.8, 4) is 0 Å². The Morgan fingerprint density at radius 3 is 2.53 bits per heavy atom. The molecule has 1 heterocycles. The highest BCUT2D eigenvalue weighted by atomic mass is 79.9. The SMILES string of the molecule is NNc1ccccc1S(=O)(=O)Nc1ccc(Br)cn1. The van der Waals surface area contributed by atoms with Crippen LogP contribution < -0.4 is 16.0 Å². The number of sulfonamides is 1. The molecular weight excluding hydrogens is 332 g/mol. The fourth-order valence-electron chi connectivity index (χ4n) is 1.45. The summed E-state index contributed by atoms with van der Waals surface area (Å²) in [6.45, 7) is 0. The Hall–Kier alpha value is -1.64. The molecule has 0 bridgehead atoms. The first kappa shape index (κ1) is 13.8. The number of benzene rings is 1. The Kier molecular flexibility index (Phi) is 4.03. The summed E-state index contributed by atoms with van der Waals surface area (Å²) >= 11 is 3.23. The number of pyridine rings is 1. The van der Waals surface area contributed by atoms with E-state index < -0.39 is 10.0 Å². The first-order valence-electron chi connectivity index (χ1n) is 5.23. The molecule has 0 spiro atoms. The van der Waals surface area contributed by atoms with E-state index in [1.165, 1.54) is 12.3 Å². The van der Waals surface area contributed by atoms with Crippen LogP contribution in [0.25, 0.3) is 0 Å². The van der Waals surface area contributed by atoms with Crippen LogP contribution in [-0.4, -0.2) is 13.4 Å². The highest BCUT2D eigenvalue weighted by Crippen LogP contribution is 2.22. The van der Waals surface area contributed by atoms with Crippen molar-refractivity contribution in [1.82, 2.24) is 4.98 Å². The molecule has 19 heavy (non-hydrogen) atoms. The van der Waals surface area contributed by atoms with Gasteiger partial charge in [0.2, 0.25) is 0 Å². The molecule has 2 aromatic rings. The molecule has 0 amide bonds. The number of aromatic nitrogens is 1. The maximum atomic E-state index is 12.2. The standard InChI is InChI=1S/C11H11BrN4O2S/c12-8-5-6-11(14-7-8)16-19(17,18)10-4-2-1-3-9(10)15-13/h1-7,15H,13H2,(H,14,16). The molecule has 0 radical (unpaired) electrons. The van der Waals surface area contributed by atoms with Gasteiger partial charge in [-0.1, -0.05) is 12.1 Å². The molecule has 1 aromatic heterocycles. The number of hydrazine groups is 1. The van der Waals surface area contributed by atoms with Gasteiger partial charge < -0.3 is 5.43 Å². The summed E-state index contributed by atoms with van der Waals surface area (Å²) < 4.78 is 27.6. The van der Waals surface area contributed by atoms with E-state index in [1.807, 2.05) is 0 Å². The molecule has 0 aliphatic heterocycles. The summed E-state index contributed by atoms with van der Waals surface area (Å²) in [7, 11) is -3.74.